The first-order chi connectivity index (χ1) is 21.5. The van der Waals surface area contributed by atoms with Gasteiger partial charge in [-0.15, -0.1) is 0 Å². The van der Waals surface area contributed by atoms with Crippen LogP contribution in [0.2, 0.25) is 0 Å². The minimum atomic E-state index is -0.712. The zero-order valence-corrected chi connectivity index (χ0v) is 26.5. The molecule has 3 aromatic carbocycles. The number of aromatic hydroxyl groups is 1. The number of benzene rings is 3. The van der Waals surface area contributed by atoms with Crippen molar-refractivity contribution in [3.8, 4) is 23.0 Å². The molecule has 0 radical (unpaired) electrons. The van der Waals surface area contributed by atoms with E-state index >= 15 is 0 Å². The standard InChI is InChI=1S/C37H42N2O6/c1-7-36(3,4)44-27-24-29(40)32-31(25-27)43-34-28(33(32)41)16-17-30(45-37(5,6)8-2)35(34)42-23-13-12-18-38-19-21-39(22-20-38)26-14-10-9-11-15-26/h7-17,24-25,40H,1-2,18-23H2,3-6H3/b13-12+. The van der Waals surface area contributed by atoms with Crippen LogP contribution in [0.1, 0.15) is 27.7 Å². The zero-order valence-electron chi connectivity index (χ0n) is 26.5. The average molecular weight is 611 g/mol. The van der Waals surface area contributed by atoms with Gasteiger partial charge in [0.2, 0.25) is 11.2 Å². The number of rotatable bonds is 12. The van der Waals surface area contributed by atoms with Crippen LogP contribution in [0.3, 0.4) is 0 Å². The lowest BCUT2D eigenvalue weighted by atomic mass is 10.1. The summed E-state index contributed by atoms with van der Waals surface area (Å²) in [6.45, 7) is 20.0. The van der Waals surface area contributed by atoms with E-state index in [1.165, 1.54) is 11.8 Å². The van der Waals surface area contributed by atoms with Gasteiger partial charge in [0.05, 0.1) is 5.39 Å². The number of hydrogen-bond donors (Lipinski definition) is 1. The molecule has 236 valence electrons. The molecule has 0 saturated carbocycles. The van der Waals surface area contributed by atoms with Gasteiger partial charge < -0.3 is 28.6 Å². The molecule has 45 heavy (non-hydrogen) atoms. The van der Waals surface area contributed by atoms with Crippen molar-refractivity contribution in [3.63, 3.8) is 0 Å². The number of piperazine rings is 1. The van der Waals surface area contributed by atoms with Crippen molar-refractivity contribution >= 4 is 27.6 Å². The Balaban J connectivity index is 1.39. The molecule has 1 aromatic heterocycles. The lowest BCUT2D eigenvalue weighted by Crippen LogP contribution is -2.46. The lowest BCUT2D eigenvalue weighted by Gasteiger charge is -2.35. The number of phenols is 1. The monoisotopic (exact) mass is 610 g/mol. The first kappa shape index (κ1) is 31.7. The molecular formula is C37H42N2O6. The van der Waals surface area contributed by atoms with Crippen molar-refractivity contribution in [3.05, 3.63) is 102 Å². The minimum Gasteiger partial charge on any atom is -0.507 e. The van der Waals surface area contributed by atoms with E-state index in [9.17, 15) is 9.90 Å². The van der Waals surface area contributed by atoms with Crippen molar-refractivity contribution < 1.29 is 23.7 Å². The fraction of sp³-hybridized carbons (Fsp3) is 0.324. The quantitative estimate of drug-likeness (QED) is 0.134. The van der Waals surface area contributed by atoms with Gasteiger partial charge >= 0.3 is 0 Å². The van der Waals surface area contributed by atoms with Gasteiger partial charge in [-0.25, -0.2) is 0 Å². The van der Waals surface area contributed by atoms with E-state index in [-0.39, 0.29) is 39.7 Å². The topological polar surface area (TPSA) is 84.6 Å². The van der Waals surface area contributed by atoms with Gasteiger partial charge in [-0.2, -0.15) is 0 Å². The number of ether oxygens (including phenoxy) is 3. The first-order valence-electron chi connectivity index (χ1n) is 15.2. The number of anilines is 1. The van der Waals surface area contributed by atoms with Crippen LogP contribution in [0.25, 0.3) is 21.9 Å². The van der Waals surface area contributed by atoms with Crippen molar-refractivity contribution in [2.75, 3.05) is 44.2 Å². The molecule has 0 atom stereocenters. The van der Waals surface area contributed by atoms with Crippen LogP contribution in [0.5, 0.6) is 23.0 Å². The Hall–Kier alpha value is -4.69. The highest BCUT2D eigenvalue weighted by Crippen LogP contribution is 2.40. The smallest absolute Gasteiger partial charge is 0.205 e. The fourth-order valence-electron chi connectivity index (χ4n) is 5.15. The highest BCUT2D eigenvalue weighted by Gasteiger charge is 2.24. The Morgan fingerprint density at radius 1 is 0.911 bits per heavy atom. The van der Waals surface area contributed by atoms with Crippen molar-refractivity contribution in [2.24, 2.45) is 0 Å². The predicted molar refractivity (Wildman–Crippen MR) is 181 cm³/mol. The van der Waals surface area contributed by atoms with E-state index in [1.54, 1.807) is 30.4 Å². The predicted octanol–water partition coefficient (Wildman–Crippen LogP) is 7.10. The average Bonchev–Trinajstić information content (AvgIpc) is 3.02. The van der Waals surface area contributed by atoms with Gasteiger partial charge in [0.15, 0.2) is 11.3 Å². The molecule has 0 bridgehead atoms. The summed E-state index contributed by atoms with van der Waals surface area (Å²) >= 11 is 0. The largest absolute Gasteiger partial charge is 0.507 e. The van der Waals surface area contributed by atoms with Gasteiger partial charge in [0, 0.05) is 50.5 Å². The maximum Gasteiger partial charge on any atom is 0.205 e. The Labute approximate surface area is 264 Å². The summed E-state index contributed by atoms with van der Waals surface area (Å²) in [5.74, 6) is 0.799. The summed E-state index contributed by atoms with van der Waals surface area (Å²) in [6.07, 6.45) is 7.39. The maximum absolute atomic E-state index is 13.6. The summed E-state index contributed by atoms with van der Waals surface area (Å²) in [5.41, 5.74) is -0.163. The van der Waals surface area contributed by atoms with Crippen LogP contribution in [-0.2, 0) is 0 Å². The van der Waals surface area contributed by atoms with E-state index in [1.807, 2.05) is 39.8 Å². The lowest BCUT2D eigenvalue weighted by molar-refractivity contribution is 0.154. The van der Waals surface area contributed by atoms with Crippen molar-refractivity contribution in [1.82, 2.24) is 4.90 Å². The van der Waals surface area contributed by atoms with E-state index in [0.29, 0.717) is 17.2 Å². The Bertz CT molecular complexity index is 1770. The molecule has 1 aliphatic rings. The third kappa shape index (κ3) is 7.35. The number of nitrogens with zero attached hydrogens (tertiary/aromatic N) is 2. The second kappa shape index (κ2) is 13.1. The third-order valence-electron chi connectivity index (χ3n) is 7.90. The summed E-state index contributed by atoms with van der Waals surface area (Å²) in [6, 6.07) is 16.8. The molecular weight excluding hydrogens is 568 g/mol. The SMILES string of the molecule is C=CC(C)(C)Oc1cc(O)c2c(=O)c3ccc(OC(C)(C)C=C)c(OC/C=C/CN4CCN(c5ccccc5)CC4)c3oc2c1. The second-order valence-corrected chi connectivity index (χ2v) is 12.2. The molecule has 8 heteroatoms. The summed E-state index contributed by atoms with van der Waals surface area (Å²) < 4.78 is 24.8. The first-order valence-corrected chi connectivity index (χ1v) is 15.2. The van der Waals surface area contributed by atoms with E-state index in [0.717, 1.165) is 32.7 Å². The zero-order chi connectivity index (χ0) is 32.2. The number of hydrogen-bond acceptors (Lipinski definition) is 8. The van der Waals surface area contributed by atoms with Gasteiger partial charge in [0.25, 0.3) is 0 Å². The van der Waals surface area contributed by atoms with Gasteiger partial charge in [-0.05, 0) is 64.1 Å². The molecule has 0 spiro atoms. The molecule has 1 saturated heterocycles. The molecule has 1 fully saturated rings. The molecule has 8 nitrogen and oxygen atoms in total. The van der Waals surface area contributed by atoms with Crippen LogP contribution in [0.4, 0.5) is 5.69 Å². The second-order valence-electron chi connectivity index (χ2n) is 12.2. The van der Waals surface area contributed by atoms with E-state index in [2.05, 4.69) is 53.3 Å². The fourth-order valence-corrected chi connectivity index (χ4v) is 5.15. The summed E-state index contributed by atoms with van der Waals surface area (Å²) in [5, 5.41) is 11.1. The third-order valence-corrected chi connectivity index (χ3v) is 7.90. The summed E-state index contributed by atoms with van der Waals surface area (Å²) in [4.78, 5) is 18.4. The Kier molecular flexibility index (Phi) is 9.25. The van der Waals surface area contributed by atoms with Crippen LogP contribution in [-0.4, -0.2) is 60.5 Å². The Morgan fingerprint density at radius 2 is 1.60 bits per heavy atom. The number of para-hydroxylation sites is 1. The molecule has 1 N–H and O–H groups in total. The molecule has 5 rings (SSSR count). The molecule has 0 amide bonds. The minimum absolute atomic E-state index is 0.0598. The van der Waals surface area contributed by atoms with E-state index in [4.69, 9.17) is 18.6 Å². The van der Waals surface area contributed by atoms with Crippen LogP contribution < -0.4 is 24.5 Å². The molecule has 1 aliphatic heterocycles. The van der Waals surface area contributed by atoms with Gasteiger partial charge in [0.1, 0.15) is 40.3 Å². The number of fused-ring (bicyclic) bond motifs is 2. The van der Waals surface area contributed by atoms with Crippen LogP contribution in [0.15, 0.2) is 101 Å². The molecule has 0 unspecified atom stereocenters. The van der Waals surface area contributed by atoms with Crippen molar-refractivity contribution in [2.45, 2.75) is 38.9 Å². The van der Waals surface area contributed by atoms with Crippen LogP contribution >= 0.6 is 0 Å². The van der Waals surface area contributed by atoms with Gasteiger partial charge in [-0.3, -0.25) is 9.69 Å². The normalized spacial score (nSPS) is 14.6. The van der Waals surface area contributed by atoms with Gasteiger partial charge in [-0.1, -0.05) is 43.5 Å². The van der Waals surface area contributed by atoms with Crippen molar-refractivity contribution in [1.29, 1.82) is 0 Å². The molecule has 4 aromatic rings. The maximum atomic E-state index is 13.6. The molecule has 2 heterocycles. The highest BCUT2D eigenvalue weighted by molar-refractivity contribution is 5.96. The van der Waals surface area contributed by atoms with E-state index < -0.39 is 11.2 Å². The Morgan fingerprint density at radius 3 is 2.29 bits per heavy atom. The summed E-state index contributed by atoms with van der Waals surface area (Å²) in [7, 11) is 0. The van der Waals surface area contributed by atoms with Crippen LogP contribution in [0, 0.1) is 0 Å². The number of phenolic OH excluding ortho intramolecular Hbond substituents is 1. The molecule has 0 aliphatic carbocycles. The highest BCUT2D eigenvalue weighted by atomic mass is 16.5.